The summed E-state index contributed by atoms with van der Waals surface area (Å²) in [4.78, 5) is 4.63. The molecule has 0 atom stereocenters. The van der Waals surface area contributed by atoms with Gasteiger partial charge in [-0.05, 0) is 24.3 Å². The van der Waals surface area contributed by atoms with Crippen molar-refractivity contribution in [1.29, 1.82) is 0 Å². The molecule has 0 amide bonds. The van der Waals surface area contributed by atoms with E-state index in [2.05, 4.69) is 33.8 Å². The van der Waals surface area contributed by atoms with Crippen LogP contribution in [-0.4, -0.2) is 9.55 Å². The molecule has 3 aromatic carbocycles. The SMILES string of the molecule is Clc1ccc2nc(-n3c4ccccc4c4ccccc43)oc2c1. The van der Waals surface area contributed by atoms with Gasteiger partial charge in [-0.3, -0.25) is 4.57 Å². The molecule has 0 aliphatic heterocycles. The summed E-state index contributed by atoms with van der Waals surface area (Å²) in [5.41, 5.74) is 3.64. The Hall–Kier alpha value is -2.78. The van der Waals surface area contributed by atoms with Crippen molar-refractivity contribution in [2.24, 2.45) is 0 Å². The quantitative estimate of drug-likeness (QED) is 0.404. The number of benzene rings is 3. The van der Waals surface area contributed by atoms with Gasteiger partial charge in [0.15, 0.2) is 5.58 Å². The van der Waals surface area contributed by atoms with E-state index in [1.807, 2.05) is 36.4 Å². The lowest BCUT2D eigenvalue weighted by Gasteiger charge is -2.00. The topological polar surface area (TPSA) is 31.0 Å². The average molecular weight is 319 g/mol. The number of hydrogen-bond acceptors (Lipinski definition) is 2. The highest BCUT2D eigenvalue weighted by Crippen LogP contribution is 2.32. The van der Waals surface area contributed by atoms with E-state index in [0.717, 1.165) is 16.6 Å². The van der Waals surface area contributed by atoms with Gasteiger partial charge < -0.3 is 4.42 Å². The third-order valence-corrected chi connectivity index (χ3v) is 4.35. The van der Waals surface area contributed by atoms with Crippen LogP contribution < -0.4 is 0 Å². The van der Waals surface area contributed by atoms with E-state index in [-0.39, 0.29) is 0 Å². The second-order valence-electron chi connectivity index (χ2n) is 5.48. The molecular formula is C19H11ClN2O. The van der Waals surface area contributed by atoms with E-state index in [9.17, 15) is 0 Å². The fraction of sp³-hybridized carbons (Fsp3) is 0. The van der Waals surface area contributed by atoms with Crippen LogP contribution >= 0.6 is 11.6 Å². The van der Waals surface area contributed by atoms with Gasteiger partial charge in [-0.15, -0.1) is 0 Å². The van der Waals surface area contributed by atoms with Gasteiger partial charge in [0.2, 0.25) is 0 Å². The Morgan fingerprint density at radius 1 is 0.826 bits per heavy atom. The van der Waals surface area contributed by atoms with E-state index in [0.29, 0.717) is 16.6 Å². The summed E-state index contributed by atoms with van der Waals surface area (Å²) in [5, 5.41) is 3.01. The molecule has 0 fully saturated rings. The Balaban J connectivity index is 1.93. The zero-order chi connectivity index (χ0) is 15.4. The molecule has 4 heteroatoms. The van der Waals surface area contributed by atoms with Crippen molar-refractivity contribution in [2.75, 3.05) is 0 Å². The molecule has 2 aromatic heterocycles. The van der Waals surface area contributed by atoms with Crippen molar-refractivity contribution < 1.29 is 4.42 Å². The van der Waals surface area contributed by atoms with E-state index in [1.165, 1.54) is 10.8 Å². The Bertz CT molecular complexity index is 1130. The number of nitrogens with zero attached hydrogens (tertiary/aromatic N) is 2. The van der Waals surface area contributed by atoms with Gasteiger partial charge in [-0.2, -0.15) is 4.98 Å². The predicted molar refractivity (Wildman–Crippen MR) is 93.4 cm³/mol. The van der Waals surface area contributed by atoms with E-state index in [4.69, 9.17) is 16.0 Å². The molecule has 0 bridgehead atoms. The van der Waals surface area contributed by atoms with Crippen LogP contribution in [0.3, 0.4) is 0 Å². The third-order valence-electron chi connectivity index (χ3n) is 4.11. The highest BCUT2D eigenvalue weighted by molar-refractivity contribution is 6.31. The largest absolute Gasteiger partial charge is 0.423 e. The molecule has 0 unspecified atom stereocenters. The summed E-state index contributed by atoms with van der Waals surface area (Å²) < 4.78 is 8.03. The number of rotatable bonds is 1. The average Bonchev–Trinajstić information content (AvgIpc) is 3.12. The van der Waals surface area contributed by atoms with Crippen LogP contribution in [0.15, 0.2) is 71.1 Å². The standard InChI is InChI=1S/C19H11ClN2O/c20-12-9-10-15-18(11-12)23-19(21-15)22-16-7-3-1-5-13(16)14-6-2-4-8-17(14)22/h1-11H. The monoisotopic (exact) mass is 318 g/mol. The van der Waals surface area contributed by atoms with Crippen molar-refractivity contribution in [3.63, 3.8) is 0 Å². The fourth-order valence-electron chi connectivity index (χ4n) is 3.11. The molecule has 3 nitrogen and oxygen atoms in total. The van der Waals surface area contributed by atoms with Crippen LogP contribution in [0.2, 0.25) is 5.02 Å². The van der Waals surface area contributed by atoms with Gasteiger partial charge in [-0.1, -0.05) is 48.0 Å². The summed E-state index contributed by atoms with van der Waals surface area (Å²) in [6.07, 6.45) is 0. The lowest BCUT2D eigenvalue weighted by atomic mass is 10.2. The van der Waals surface area contributed by atoms with Crippen LogP contribution in [-0.2, 0) is 0 Å². The maximum absolute atomic E-state index is 6.05. The maximum Gasteiger partial charge on any atom is 0.307 e. The molecule has 0 radical (unpaired) electrons. The summed E-state index contributed by atoms with van der Waals surface area (Å²) >= 11 is 6.05. The maximum atomic E-state index is 6.05. The highest BCUT2D eigenvalue weighted by atomic mass is 35.5. The first-order valence-electron chi connectivity index (χ1n) is 7.36. The fourth-order valence-corrected chi connectivity index (χ4v) is 3.27. The number of oxazole rings is 1. The van der Waals surface area contributed by atoms with Crippen molar-refractivity contribution >= 4 is 44.5 Å². The van der Waals surface area contributed by atoms with Crippen molar-refractivity contribution in [3.8, 4) is 6.01 Å². The summed E-state index contributed by atoms with van der Waals surface area (Å²) in [6, 6.07) is 22.6. The Labute approximate surface area is 136 Å². The Kier molecular flexibility index (Phi) is 2.55. The molecule has 0 saturated carbocycles. The zero-order valence-electron chi connectivity index (χ0n) is 12.0. The number of halogens is 1. The molecule has 0 N–H and O–H groups in total. The van der Waals surface area contributed by atoms with E-state index in [1.54, 1.807) is 6.07 Å². The van der Waals surface area contributed by atoms with Crippen LogP contribution in [0.25, 0.3) is 38.9 Å². The second-order valence-corrected chi connectivity index (χ2v) is 5.91. The number of fused-ring (bicyclic) bond motifs is 4. The highest BCUT2D eigenvalue weighted by Gasteiger charge is 2.15. The Morgan fingerprint density at radius 2 is 1.48 bits per heavy atom. The van der Waals surface area contributed by atoms with E-state index >= 15 is 0 Å². The molecule has 0 aliphatic carbocycles. The molecule has 5 rings (SSSR count). The zero-order valence-corrected chi connectivity index (χ0v) is 12.8. The molecule has 2 heterocycles. The van der Waals surface area contributed by atoms with Gasteiger partial charge in [0, 0.05) is 21.9 Å². The predicted octanol–water partition coefficient (Wildman–Crippen LogP) is 5.58. The molecule has 110 valence electrons. The van der Waals surface area contributed by atoms with Gasteiger partial charge in [-0.25, -0.2) is 0 Å². The normalized spacial score (nSPS) is 11.7. The number of para-hydroxylation sites is 2. The van der Waals surface area contributed by atoms with Gasteiger partial charge in [0.05, 0.1) is 11.0 Å². The smallest absolute Gasteiger partial charge is 0.307 e. The molecule has 0 spiro atoms. The molecule has 0 aliphatic rings. The van der Waals surface area contributed by atoms with Crippen LogP contribution in [0.4, 0.5) is 0 Å². The lowest BCUT2D eigenvalue weighted by molar-refractivity contribution is 0.574. The van der Waals surface area contributed by atoms with Crippen LogP contribution in [0.5, 0.6) is 0 Å². The Morgan fingerprint density at radius 3 is 2.17 bits per heavy atom. The third kappa shape index (κ3) is 1.80. The minimum atomic E-state index is 0.555. The first-order valence-corrected chi connectivity index (χ1v) is 7.74. The second kappa shape index (κ2) is 4.61. The van der Waals surface area contributed by atoms with Crippen molar-refractivity contribution in [3.05, 3.63) is 71.8 Å². The van der Waals surface area contributed by atoms with Crippen molar-refractivity contribution in [2.45, 2.75) is 0 Å². The van der Waals surface area contributed by atoms with Gasteiger partial charge in [0.25, 0.3) is 0 Å². The first-order chi connectivity index (χ1) is 11.3. The molecular weight excluding hydrogens is 308 g/mol. The minimum Gasteiger partial charge on any atom is -0.423 e. The van der Waals surface area contributed by atoms with E-state index < -0.39 is 0 Å². The summed E-state index contributed by atoms with van der Waals surface area (Å²) in [5.74, 6) is 0. The minimum absolute atomic E-state index is 0.555. The van der Waals surface area contributed by atoms with Gasteiger partial charge >= 0.3 is 6.01 Å². The summed E-state index contributed by atoms with van der Waals surface area (Å²) in [6.45, 7) is 0. The molecule has 23 heavy (non-hydrogen) atoms. The summed E-state index contributed by atoms with van der Waals surface area (Å²) in [7, 11) is 0. The molecule has 5 aromatic rings. The number of hydrogen-bond donors (Lipinski definition) is 0. The molecule has 0 saturated heterocycles. The van der Waals surface area contributed by atoms with Crippen molar-refractivity contribution in [1.82, 2.24) is 9.55 Å². The number of aromatic nitrogens is 2. The van der Waals surface area contributed by atoms with Gasteiger partial charge in [0.1, 0.15) is 5.52 Å². The van der Waals surface area contributed by atoms with Crippen LogP contribution in [0, 0.1) is 0 Å². The first kappa shape index (κ1) is 12.7. The van der Waals surface area contributed by atoms with Crippen LogP contribution in [0.1, 0.15) is 0 Å². The lowest BCUT2D eigenvalue weighted by Crippen LogP contribution is -1.93.